The van der Waals surface area contributed by atoms with Crippen LogP contribution in [0.25, 0.3) is 16.7 Å². The van der Waals surface area contributed by atoms with E-state index in [0.717, 1.165) is 30.8 Å². The molecule has 170 valence electrons. The predicted octanol–water partition coefficient (Wildman–Crippen LogP) is 3.84. The molecule has 0 atom stereocenters. The van der Waals surface area contributed by atoms with Gasteiger partial charge in [0.25, 0.3) is 0 Å². The van der Waals surface area contributed by atoms with E-state index in [1.54, 1.807) is 12.3 Å². The Bertz CT molecular complexity index is 1280. The molecule has 0 unspecified atom stereocenters. The van der Waals surface area contributed by atoms with E-state index in [-0.39, 0.29) is 35.5 Å². The van der Waals surface area contributed by atoms with Crippen LogP contribution in [0.3, 0.4) is 0 Å². The summed E-state index contributed by atoms with van der Waals surface area (Å²) in [4.78, 5) is 23.8. The highest BCUT2D eigenvalue weighted by molar-refractivity contribution is 5.91. The fourth-order valence-electron chi connectivity index (χ4n) is 3.83. The smallest absolute Gasteiger partial charge is 0.304 e. The van der Waals surface area contributed by atoms with Gasteiger partial charge in [-0.25, -0.2) is 14.6 Å². The van der Waals surface area contributed by atoms with Crippen LogP contribution in [0.5, 0.6) is 5.88 Å². The first kappa shape index (κ1) is 21.2. The number of ether oxygens (including phenoxy) is 1. The van der Waals surface area contributed by atoms with E-state index in [0.29, 0.717) is 24.2 Å². The largest absolute Gasteiger partial charge is 0.474 e. The van der Waals surface area contributed by atoms with Crippen molar-refractivity contribution in [2.45, 2.75) is 57.5 Å². The van der Waals surface area contributed by atoms with E-state index in [9.17, 15) is 13.6 Å². The summed E-state index contributed by atoms with van der Waals surface area (Å²) in [6, 6.07) is 5.28. The molecule has 9 nitrogen and oxygen atoms in total. The molecule has 0 aromatic carbocycles. The molecular weight excluding hydrogens is 432 g/mol. The van der Waals surface area contributed by atoms with Crippen LogP contribution in [-0.2, 0) is 10.7 Å². The standard InChI is InChI=1S/C22H21F2N7O2/c1-11(32)27-17-7-16-15(10-26-17)20(13-3-4-13)30-31(16)18-8-19(29-21(28-18)22(2,23)24)33-14-5-12(6-14)9-25/h7-8,10,12-14H,3-6H2,1-2H3,(H,26,27,32). The number of alkyl halides is 2. The number of carbonyl (C=O) groups excluding carboxylic acids is 1. The van der Waals surface area contributed by atoms with Gasteiger partial charge >= 0.3 is 5.92 Å². The Morgan fingerprint density at radius 1 is 1.30 bits per heavy atom. The second-order valence-corrected chi connectivity index (χ2v) is 8.65. The highest BCUT2D eigenvalue weighted by Gasteiger charge is 2.34. The Morgan fingerprint density at radius 3 is 2.70 bits per heavy atom. The van der Waals surface area contributed by atoms with Gasteiger partial charge in [0, 0.05) is 56.3 Å². The molecule has 1 N–H and O–H groups in total. The van der Waals surface area contributed by atoms with Crippen LogP contribution >= 0.6 is 0 Å². The molecule has 5 rings (SSSR count). The Labute approximate surface area is 187 Å². The third-order valence-electron chi connectivity index (χ3n) is 5.73. The van der Waals surface area contributed by atoms with Crippen molar-refractivity contribution in [1.82, 2.24) is 24.7 Å². The number of halogens is 2. The second-order valence-electron chi connectivity index (χ2n) is 8.65. The highest BCUT2D eigenvalue weighted by atomic mass is 19.3. The van der Waals surface area contributed by atoms with Crippen molar-refractivity contribution in [3.05, 3.63) is 29.8 Å². The van der Waals surface area contributed by atoms with Crippen molar-refractivity contribution in [3.8, 4) is 17.8 Å². The van der Waals surface area contributed by atoms with Crippen molar-refractivity contribution >= 4 is 22.6 Å². The number of carbonyl (C=O) groups is 1. The molecule has 11 heteroatoms. The average Bonchev–Trinajstić information content (AvgIpc) is 3.49. The summed E-state index contributed by atoms with van der Waals surface area (Å²) in [5.74, 6) is -3.63. The Kier molecular flexibility index (Phi) is 4.96. The summed E-state index contributed by atoms with van der Waals surface area (Å²) in [5, 5.41) is 17.0. The zero-order valence-corrected chi connectivity index (χ0v) is 18.0. The SMILES string of the molecule is CC(=O)Nc1cc2c(cn1)c(C1CC1)nn2-c1cc(OC2CC(C#N)C2)nc(C(C)(F)F)n1. The first-order chi connectivity index (χ1) is 15.7. The van der Waals surface area contributed by atoms with Gasteiger partial charge in [0.15, 0.2) is 5.82 Å². The van der Waals surface area contributed by atoms with E-state index in [4.69, 9.17) is 10.00 Å². The Morgan fingerprint density at radius 2 is 2.06 bits per heavy atom. The maximum atomic E-state index is 14.2. The molecule has 3 heterocycles. The molecule has 3 aromatic rings. The second kappa shape index (κ2) is 7.72. The van der Waals surface area contributed by atoms with E-state index in [1.165, 1.54) is 17.7 Å². The van der Waals surface area contributed by atoms with Gasteiger partial charge in [-0.05, 0) is 12.8 Å². The van der Waals surface area contributed by atoms with E-state index >= 15 is 0 Å². The van der Waals surface area contributed by atoms with Crippen LogP contribution in [0.4, 0.5) is 14.6 Å². The Balaban J connectivity index is 1.61. The zero-order chi connectivity index (χ0) is 23.3. The first-order valence-electron chi connectivity index (χ1n) is 10.7. The summed E-state index contributed by atoms with van der Waals surface area (Å²) < 4.78 is 35.7. The maximum Gasteiger partial charge on any atom is 0.304 e. The lowest BCUT2D eigenvalue weighted by Gasteiger charge is -2.30. The van der Waals surface area contributed by atoms with Gasteiger partial charge in [-0.1, -0.05) is 0 Å². The minimum atomic E-state index is -3.30. The number of fused-ring (bicyclic) bond motifs is 1. The number of hydrogen-bond acceptors (Lipinski definition) is 7. The molecule has 0 saturated heterocycles. The van der Waals surface area contributed by atoms with Gasteiger partial charge in [0.05, 0.1) is 23.2 Å². The van der Waals surface area contributed by atoms with Crippen LogP contribution < -0.4 is 10.1 Å². The summed E-state index contributed by atoms with van der Waals surface area (Å²) >= 11 is 0. The summed E-state index contributed by atoms with van der Waals surface area (Å²) in [5.41, 5.74) is 1.40. The molecular formula is C22H21F2N7O2. The lowest BCUT2D eigenvalue weighted by atomic mass is 9.83. The number of amides is 1. The molecule has 3 aromatic heterocycles. The van der Waals surface area contributed by atoms with Crippen molar-refractivity contribution in [1.29, 1.82) is 5.26 Å². The van der Waals surface area contributed by atoms with E-state index in [2.05, 4.69) is 31.4 Å². The minimum absolute atomic E-state index is 0.00526. The van der Waals surface area contributed by atoms with Crippen molar-refractivity contribution in [2.75, 3.05) is 5.32 Å². The van der Waals surface area contributed by atoms with Gasteiger partial charge in [-0.15, -0.1) is 0 Å². The fraction of sp³-hybridized carbons (Fsp3) is 0.455. The Hall–Kier alpha value is -3.68. The van der Waals surface area contributed by atoms with E-state index < -0.39 is 11.7 Å². The minimum Gasteiger partial charge on any atom is -0.474 e. The van der Waals surface area contributed by atoms with Crippen LogP contribution in [0.15, 0.2) is 18.3 Å². The first-order valence-corrected chi connectivity index (χ1v) is 10.7. The molecule has 2 fully saturated rings. The lowest BCUT2D eigenvalue weighted by molar-refractivity contribution is -0.114. The average molecular weight is 453 g/mol. The molecule has 0 radical (unpaired) electrons. The number of nitriles is 1. The van der Waals surface area contributed by atoms with Crippen molar-refractivity contribution < 1.29 is 18.3 Å². The molecule has 1 amide bonds. The van der Waals surface area contributed by atoms with Crippen molar-refractivity contribution in [3.63, 3.8) is 0 Å². The molecule has 0 bridgehead atoms. The molecule has 2 aliphatic rings. The number of hydrogen-bond donors (Lipinski definition) is 1. The van der Waals surface area contributed by atoms with Crippen molar-refractivity contribution in [2.24, 2.45) is 5.92 Å². The number of nitrogens with zero attached hydrogens (tertiary/aromatic N) is 6. The third kappa shape index (κ3) is 4.20. The number of aromatic nitrogens is 5. The van der Waals surface area contributed by atoms with E-state index in [1.807, 2.05) is 0 Å². The predicted molar refractivity (Wildman–Crippen MR) is 113 cm³/mol. The summed E-state index contributed by atoms with van der Waals surface area (Å²) in [6.07, 6.45) is 4.38. The topological polar surface area (TPSA) is 119 Å². The van der Waals surface area contributed by atoms with Gasteiger partial charge < -0.3 is 10.1 Å². The van der Waals surface area contributed by atoms with Crippen LogP contribution in [0, 0.1) is 17.2 Å². The number of rotatable bonds is 6. The third-order valence-corrected chi connectivity index (χ3v) is 5.73. The monoisotopic (exact) mass is 453 g/mol. The lowest BCUT2D eigenvalue weighted by Crippen LogP contribution is -2.33. The molecule has 2 aliphatic carbocycles. The fourth-order valence-corrected chi connectivity index (χ4v) is 3.83. The molecule has 0 aliphatic heterocycles. The highest BCUT2D eigenvalue weighted by Crippen LogP contribution is 2.43. The quantitative estimate of drug-likeness (QED) is 0.602. The van der Waals surface area contributed by atoms with Crippen LogP contribution in [-0.4, -0.2) is 36.7 Å². The van der Waals surface area contributed by atoms with Gasteiger partial charge in [-0.2, -0.15) is 24.1 Å². The molecule has 0 spiro atoms. The normalized spacial score (nSPS) is 20.2. The zero-order valence-electron chi connectivity index (χ0n) is 18.0. The maximum absolute atomic E-state index is 14.2. The number of pyridine rings is 1. The summed E-state index contributed by atoms with van der Waals surface area (Å²) in [6.45, 7) is 2.10. The molecule has 2 saturated carbocycles. The van der Waals surface area contributed by atoms with Gasteiger partial charge in [0.2, 0.25) is 17.6 Å². The van der Waals surface area contributed by atoms with Crippen LogP contribution in [0.2, 0.25) is 0 Å². The molecule has 33 heavy (non-hydrogen) atoms. The van der Waals surface area contributed by atoms with Gasteiger partial charge in [-0.3, -0.25) is 4.79 Å². The number of anilines is 1. The van der Waals surface area contributed by atoms with Crippen LogP contribution in [0.1, 0.15) is 57.0 Å². The van der Waals surface area contributed by atoms with Gasteiger partial charge in [0.1, 0.15) is 11.9 Å². The summed E-state index contributed by atoms with van der Waals surface area (Å²) in [7, 11) is 0. The number of nitrogens with one attached hydrogen (secondary N) is 1.